The monoisotopic (exact) mass is 350 g/mol. The number of nitrogens with zero attached hydrogens (tertiary/aromatic N) is 1. The summed E-state index contributed by atoms with van der Waals surface area (Å²) in [7, 11) is 0. The Hall–Kier alpha value is -2.62. The van der Waals surface area contributed by atoms with Crippen LogP contribution in [0.1, 0.15) is 49.3 Å². The number of rotatable bonds is 5. The molecule has 4 nitrogen and oxygen atoms in total. The third-order valence-electron chi connectivity index (χ3n) is 5.10. The maximum Gasteiger partial charge on any atom is 0.331 e. The lowest BCUT2D eigenvalue weighted by Gasteiger charge is -2.14. The van der Waals surface area contributed by atoms with Gasteiger partial charge in [-0.2, -0.15) is 0 Å². The van der Waals surface area contributed by atoms with E-state index in [4.69, 9.17) is 5.11 Å². The number of carbonyl (C=O) groups is 1. The van der Waals surface area contributed by atoms with Crippen LogP contribution < -0.4 is 5.32 Å². The van der Waals surface area contributed by atoms with Crippen molar-refractivity contribution in [2.75, 3.05) is 5.32 Å². The highest BCUT2D eigenvalue weighted by Gasteiger charge is 2.15. The second-order valence-electron chi connectivity index (χ2n) is 7.21. The molecule has 1 heterocycles. The number of nitrogens with one attached hydrogen (secondary N) is 1. The Kier molecular flexibility index (Phi) is 5.40. The van der Waals surface area contributed by atoms with Gasteiger partial charge in [-0.05, 0) is 74.1 Å². The maximum atomic E-state index is 11.1. The van der Waals surface area contributed by atoms with Gasteiger partial charge >= 0.3 is 5.97 Å². The fourth-order valence-electron chi connectivity index (χ4n) is 3.52. The number of pyridine rings is 1. The second kappa shape index (κ2) is 7.73. The van der Waals surface area contributed by atoms with Crippen LogP contribution in [0.15, 0.2) is 36.0 Å². The van der Waals surface area contributed by atoms with Gasteiger partial charge in [0.1, 0.15) is 5.82 Å². The molecule has 1 aliphatic rings. The maximum absolute atomic E-state index is 11.1. The van der Waals surface area contributed by atoms with Crippen molar-refractivity contribution in [1.82, 2.24) is 4.98 Å². The minimum atomic E-state index is -0.888. The summed E-state index contributed by atoms with van der Waals surface area (Å²) in [6.07, 6.45) is 8.70. The van der Waals surface area contributed by atoms with Gasteiger partial charge in [-0.25, -0.2) is 9.78 Å². The number of hydrogen-bond donors (Lipinski definition) is 2. The number of carboxylic acid groups (broad SMARTS) is 1. The molecule has 3 rings (SSSR count). The van der Waals surface area contributed by atoms with E-state index >= 15 is 0 Å². The lowest BCUT2D eigenvalue weighted by molar-refractivity contribution is -0.132. The molecule has 0 radical (unpaired) electrons. The quantitative estimate of drug-likeness (QED) is 0.727. The standard InChI is InChI=1S/C22H26N2O2/c1-14-12-20(15(2)10-18(14)11-16(3)22(25)26)17-8-9-21(23-13-17)24-19-6-4-5-7-19/h8-13,19H,4-7H2,1-3H3,(H,23,24)(H,25,26)/b16-11+. The highest BCUT2D eigenvalue weighted by Crippen LogP contribution is 2.28. The van der Waals surface area contributed by atoms with Crippen LogP contribution in [-0.2, 0) is 4.79 Å². The van der Waals surface area contributed by atoms with Crippen LogP contribution in [0.3, 0.4) is 0 Å². The van der Waals surface area contributed by atoms with Crippen LogP contribution in [0.5, 0.6) is 0 Å². The zero-order valence-corrected chi connectivity index (χ0v) is 15.7. The number of aryl methyl sites for hydroxylation is 2. The van der Waals surface area contributed by atoms with Gasteiger partial charge in [-0.3, -0.25) is 0 Å². The van der Waals surface area contributed by atoms with E-state index in [1.54, 1.807) is 13.0 Å². The van der Waals surface area contributed by atoms with Crippen molar-refractivity contribution in [2.45, 2.75) is 52.5 Å². The van der Waals surface area contributed by atoms with Gasteiger partial charge in [-0.15, -0.1) is 0 Å². The summed E-state index contributed by atoms with van der Waals surface area (Å²) in [6.45, 7) is 5.67. The van der Waals surface area contributed by atoms with E-state index < -0.39 is 5.97 Å². The lowest BCUT2D eigenvalue weighted by Crippen LogP contribution is -2.15. The van der Waals surface area contributed by atoms with Crippen LogP contribution in [0.2, 0.25) is 0 Å². The Labute approximate surface area is 155 Å². The highest BCUT2D eigenvalue weighted by molar-refractivity contribution is 5.92. The predicted molar refractivity (Wildman–Crippen MR) is 106 cm³/mol. The first-order valence-corrected chi connectivity index (χ1v) is 9.20. The largest absolute Gasteiger partial charge is 0.478 e. The molecular weight excluding hydrogens is 324 g/mol. The van der Waals surface area contributed by atoms with Crippen LogP contribution in [0.4, 0.5) is 5.82 Å². The Morgan fingerprint density at radius 1 is 1.19 bits per heavy atom. The highest BCUT2D eigenvalue weighted by atomic mass is 16.4. The van der Waals surface area contributed by atoms with Crippen molar-refractivity contribution in [1.29, 1.82) is 0 Å². The third-order valence-corrected chi connectivity index (χ3v) is 5.10. The van der Waals surface area contributed by atoms with Crippen LogP contribution in [0.25, 0.3) is 17.2 Å². The molecule has 0 spiro atoms. The van der Waals surface area contributed by atoms with E-state index in [0.29, 0.717) is 11.6 Å². The molecule has 1 fully saturated rings. The van der Waals surface area contributed by atoms with Gasteiger partial charge in [0.15, 0.2) is 0 Å². The fourth-order valence-corrected chi connectivity index (χ4v) is 3.52. The summed E-state index contributed by atoms with van der Waals surface area (Å²) in [5.74, 6) is 0.0485. The molecule has 2 N–H and O–H groups in total. The second-order valence-corrected chi connectivity index (χ2v) is 7.21. The third kappa shape index (κ3) is 4.13. The zero-order chi connectivity index (χ0) is 18.7. The Bertz CT molecular complexity index is 832. The molecule has 0 atom stereocenters. The topological polar surface area (TPSA) is 62.2 Å². The van der Waals surface area contributed by atoms with Crippen molar-refractivity contribution >= 4 is 17.9 Å². The predicted octanol–water partition coefficient (Wildman–Crippen LogP) is 5.21. The SMILES string of the molecule is C/C(=C\c1cc(C)c(-c2ccc(NC3CCCC3)nc2)cc1C)C(=O)O. The van der Waals surface area contributed by atoms with Crippen LogP contribution in [-0.4, -0.2) is 22.1 Å². The van der Waals surface area contributed by atoms with E-state index in [1.165, 1.54) is 25.7 Å². The molecule has 1 aromatic carbocycles. The molecule has 2 aromatic rings. The summed E-state index contributed by atoms with van der Waals surface area (Å²) in [4.78, 5) is 15.6. The number of hydrogen-bond acceptors (Lipinski definition) is 3. The first-order valence-electron chi connectivity index (χ1n) is 9.20. The molecular formula is C22H26N2O2. The van der Waals surface area contributed by atoms with Crippen LogP contribution in [0, 0.1) is 13.8 Å². The van der Waals surface area contributed by atoms with Gasteiger partial charge in [0, 0.05) is 23.4 Å². The summed E-state index contributed by atoms with van der Waals surface area (Å²) in [6, 6.07) is 8.86. The average Bonchev–Trinajstić information content (AvgIpc) is 3.11. The number of anilines is 1. The Morgan fingerprint density at radius 2 is 1.92 bits per heavy atom. The molecule has 4 heteroatoms. The van der Waals surface area contributed by atoms with E-state index in [0.717, 1.165) is 33.6 Å². The average molecular weight is 350 g/mol. The number of carboxylic acids is 1. The summed E-state index contributed by atoms with van der Waals surface area (Å²) < 4.78 is 0. The molecule has 26 heavy (non-hydrogen) atoms. The number of aromatic nitrogens is 1. The zero-order valence-electron chi connectivity index (χ0n) is 15.7. The normalized spacial score (nSPS) is 15.3. The van der Waals surface area contributed by atoms with Crippen molar-refractivity contribution in [2.24, 2.45) is 0 Å². The molecule has 0 unspecified atom stereocenters. The lowest BCUT2D eigenvalue weighted by atomic mass is 9.95. The minimum Gasteiger partial charge on any atom is -0.478 e. The first kappa shape index (κ1) is 18.2. The van der Waals surface area contributed by atoms with E-state index in [9.17, 15) is 4.79 Å². The van der Waals surface area contributed by atoms with Gasteiger partial charge in [0.25, 0.3) is 0 Å². The van der Waals surface area contributed by atoms with Crippen molar-refractivity contribution in [3.63, 3.8) is 0 Å². The van der Waals surface area contributed by atoms with Crippen LogP contribution >= 0.6 is 0 Å². The molecule has 0 aliphatic heterocycles. The van der Waals surface area contributed by atoms with Gasteiger partial charge < -0.3 is 10.4 Å². The van der Waals surface area contributed by atoms with Gasteiger partial charge in [0.05, 0.1) is 0 Å². The molecule has 1 aromatic heterocycles. The van der Waals surface area contributed by atoms with Gasteiger partial charge in [-0.1, -0.05) is 25.0 Å². The van der Waals surface area contributed by atoms with E-state index in [1.807, 2.05) is 32.2 Å². The number of benzene rings is 1. The fraction of sp³-hybridized carbons (Fsp3) is 0.364. The summed E-state index contributed by atoms with van der Waals surface area (Å²) in [5.41, 5.74) is 5.65. The Morgan fingerprint density at radius 3 is 2.54 bits per heavy atom. The van der Waals surface area contributed by atoms with Gasteiger partial charge in [0.2, 0.25) is 0 Å². The van der Waals surface area contributed by atoms with Crippen molar-refractivity contribution < 1.29 is 9.90 Å². The smallest absolute Gasteiger partial charge is 0.331 e. The van der Waals surface area contributed by atoms with Crippen molar-refractivity contribution in [3.05, 3.63) is 52.7 Å². The molecule has 1 saturated carbocycles. The molecule has 136 valence electrons. The molecule has 0 saturated heterocycles. The van der Waals surface area contributed by atoms with E-state index in [-0.39, 0.29) is 0 Å². The summed E-state index contributed by atoms with van der Waals surface area (Å²) in [5, 5.41) is 12.6. The molecule has 0 bridgehead atoms. The summed E-state index contributed by atoms with van der Waals surface area (Å²) >= 11 is 0. The molecule has 1 aliphatic carbocycles. The van der Waals surface area contributed by atoms with Crippen molar-refractivity contribution in [3.8, 4) is 11.1 Å². The molecule has 0 amide bonds. The first-order chi connectivity index (χ1) is 12.4. The Balaban J connectivity index is 1.83. The minimum absolute atomic E-state index is 0.337. The number of aliphatic carboxylic acids is 1. The van der Waals surface area contributed by atoms with E-state index in [2.05, 4.69) is 22.4 Å².